The van der Waals surface area contributed by atoms with Gasteiger partial charge in [-0.15, -0.1) is 0 Å². The van der Waals surface area contributed by atoms with Crippen molar-refractivity contribution in [1.29, 1.82) is 0 Å². The predicted octanol–water partition coefficient (Wildman–Crippen LogP) is 2.83. The molecule has 0 bridgehead atoms. The molecular formula is C19H25NO6. The van der Waals surface area contributed by atoms with E-state index in [-0.39, 0.29) is 13.2 Å². The first kappa shape index (κ1) is 19.8. The van der Waals surface area contributed by atoms with Crippen molar-refractivity contribution in [3.63, 3.8) is 0 Å². The van der Waals surface area contributed by atoms with Gasteiger partial charge in [0.15, 0.2) is 0 Å². The van der Waals surface area contributed by atoms with Crippen LogP contribution in [0.2, 0.25) is 0 Å². The van der Waals surface area contributed by atoms with Gasteiger partial charge in [-0.2, -0.15) is 0 Å². The Labute approximate surface area is 152 Å². The molecule has 1 aromatic rings. The van der Waals surface area contributed by atoms with Crippen molar-refractivity contribution in [2.24, 2.45) is 5.92 Å². The van der Waals surface area contributed by atoms with Gasteiger partial charge in [0.05, 0.1) is 5.92 Å². The van der Waals surface area contributed by atoms with Crippen molar-refractivity contribution >= 4 is 18.0 Å². The van der Waals surface area contributed by atoms with E-state index in [0.717, 1.165) is 10.5 Å². The fourth-order valence-electron chi connectivity index (χ4n) is 2.91. The Morgan fingerprint density at radius 1 is 1.19 bits per heavy atom. The molecule has 142 valence electrons. The highest BCUT2D eigenvalue weighted by molar-refractivity contribution is 5.87. The van der Waals surface area contributed by atoms with Gasteiger partial charge in [0.2, 0.25) is 0 Å². The third-order valence-electron chi connectivity index (χ3n) is 4.04. The standard InChI is InChI=1S/C19H25NO6/c1-19(2,3)26-18(24)20-11-7-10-14(15(20)16(21)22)17(23)25-12-13-8-5-4-6-9-13/h4-6,8-9,14-15H,7,10-12H2,1-3H3,(H,21,22)/t14-,15+/m1/s1. The molecule has 1 heterocycles. The van der Waals surface area contributed by atoms with E-state index in [1.807, 2.05) is 30.3 Å². The van der Waals surface area contributed by atoms with Gasteiger partial charge >= 0.3 is 18.0 Å². The number of carboxylic acids is 1. The van der Waals surface area contributed by atoms with Gasteiger partial charge in [0.25, 0.3) is 0 Å². The summed E-state index contributed by atoms with van der Waals surface area (Å²) in [7, 11) is 0. The van der Waals surface area contributed by atoms with Gasteiger partial charge < -0.3 is 14.6 Å². The Morgan fingerprint density at radius 3 is 2.42 bits per heavy atom. The zero-order valence-corrected chi connectivity index (χ0v) is 15.3. The number of aliphatic carboxylic acids is 1. The lowest BCUT2D eigenvalue weighted by atomic mass is 9.89. The number of ether oxygens (including phenoxy) is 2. The van der Waals surface area contributed by atoms with Crippen molar-refractivity contribution in [3.8, 4) is 0 Å². The number of nitrogens with zero attached hydrogens (tertiary/aromatic N) is 1. The third kappa shape index (κ3) is 5.21. The summed E-state index contributed by atoms with van der Waals surface area (Å²) < 4.78 is 10.6. The monoisotopic (exact) mass is 363 g/mol. The Kier molecular flexibility index (Phi) is 6.23. The maximum absolute atomic E-state index is 12.5. The summed E-state index contributed by atoms with van der Waals surface area (Å²) in [5.41, 5.74) is 0.0634. The normalized spacial score (nSPS) is 20.3. The number of likely N-dealkylation sites (tertiary alicyclic amines) is 1. The van der Waals surface area contributed by atoms with E-state index in [9.17, 15) is 19.5 Å². The Balaban J connectivity index is 2.09. The second kappa shape index (κ2) is 8.21. The highest BCUT2D eigenvalue weighted by Crippen LogP contribution is 2.27. The molecule has 0 unspecified atom stereocenters. The van der Waals surface area contributed by atoms with E-state index >= 15 is 0 Å². The minimum Gasteiger partial charge on any atom is -0.480 e. The Hall–Kier alpha value is -2.57. The molecule has 1 aliphatic heterocycles. The quantitative estimate of drug-likeness (QED) is 0.827. The van der Waals surface area contributed by atoms with Crippen LogP contribution >= 0.6 is 0 Å². The molecule has 0 aliphatic carbocycles. The van der Waals surface area contributed by atoms with Gasteiger partial charge in [-0.05, 0) is 39.2 Å². The molecule has 0 radical (unpaired) electrons. The SMILES string of the molecule is CC(C)(C)OC(=O)N1CCC[C@@H](C(=O)OCc2ccccc2)[C@H]1C(=O)O. The summed E-state index contributed by atoms with van der Waals surface area (Å²) in [6.45, 7) is 5.41. The molecule has 1 aliphatic rings. The number of piperidine rings is 1. The molecule has 0 aromatic heterocycles. The molecule has 1 saturated heterocycles. The van der Waals surface area contributed by atoms with Crippen molar-refractivity contribution < 1.29 is 29.0 Å². The average Bonchev–Trinajstić information content (AvgIpc) is 2.58. The molecule has 1 fully saturated rings. The summed E-state index contributed by atoms with van der Waals surface area (Å²) in [4.78, 5) is 37.7. The zero-order valence-electron chi connectivity index (χ0n) is 15.3. The minimum atomic E-state index is -1.29. The van der Waals surface area contributed by atoms with Crippen LogP contribution in [0.15, 0.2) is 30.3 Å². The van der Waals surface area contributed by atoms with E-state index in [1.165, 1.54) is 0 Å². The van der Waals surface area contributed by atoms with Crippen molar-refractivity contribution in [2.75, 3.05) is 6.54 Å². The Bertz CT molecular complexity index is 652. The number of hydrogen-bond acceptors (Lipinski definition) is 5. The second-order valence-corrected chi connectivity index (χ2v) is 7.30. The van der Waals surface area contributed by atoms with E-state index in [4.69, 9.17) is 9.47 Å². The van der Waals surface area contributed by atoms with Crippen molar-refractivity contribution in [1.82, 2.24) is 4.90 Å². The first-order valence-electron chi connectivity index (χ1n) is 8.62. The van der Waals surface area contributed by atoms with Crippen molar-refractivity contribution in [3.05, 3.63) is 35.9 Å². The van der Waals surface area contributed by atoms with Crippen LogP contribution in [0.4, 0.5) is 4.79 Å². The fourth-order valence-corrected chi connectivity index (χ4v) is 2.91. The number of rotatable bonds is 4. The molecule has 1 N–H and O–H groups in total. The molecule has 7 nitrogen and oxygen atoms in total. The first-order valence-corrected chi connectivity index (χ1v) is 8.62. The maximum Gasteiger partial charge on any atom is 0.411 e. The van der Waals surface area contributed by atoms with Crippen LogP contribution in [0, 0.1) is 5.92 Å². The number of carbonyl (C=O) groups excluding carboxylic acids is 2. The molecule has 0 spiro atoms. The second-order valence-electron chi connectivity index (χ2n) is 7.30. The fraction of sp³-hybridized carbons (Fsp3) is 0.526. The molecule has 0 saturated carbocycles. The summed E-state index contributed by atoms with van der Waals surface area (Å²) >= 11 is 0. The molecule has 1 aromatic carbocycles. The zero-order chi connectivity index (χ0) is 19.3. The number of carboxylic acid groups (broad SMARTS) is 1. The summed E-state index contributed by atoms with van der Waals surface area (Å²) in [5.74, 6) is -2.77. The number of benzene rings is 1. The summed E-state index contributed by atoms with van der Waals surface area (Å²) in [5, 5.41) is 9.60. The summed E-state index contributed by atoms with van der Waals surface area (Å²) in [6, 6.07) is 7.85. The Morgan fingerprint density at radius 2 is 1.85 bits per heavy atom. The van der Waals surface area contributed by atoms with Crippen LogP contribution in [-0.2, 0) is 25.7 Å². The van der Waals surface area contributed by atoms with Gasteiger partial charge in [0.1, 0.15) is 18.2 Å². The van der Waals surface area contributed by atoms with E-state index in [0.29, 0.717) is 12.8 Å². The van der Waals surface area contributed by atoms with Crippen LogP contribution in [0.25, 0.3) is 0 Å². The number of amides is 1. The van der Waals surface area contributed by atoms with Gasteiger partial charge in [-0.1, -0.05) is 30.3 Å². The molecule has 26 heavy (non-hydrogen) atoms. The van der Waals surface area contributed by atoms with Gasteiger partial charge in [0, 0.05) is 6.54 Å². The lowest BCUT2D eigenvalue weighted by molar-refractivity contribution is -0.162. The van der Waals surface area contributed by atoms with Crippen LogP contribution in [0.3, 0.4) is 0 Å². The average molecular weight is 363 g/mol. The van der Waals surface area contributed by atoms with Crippen LogP contribution < -0.4 is 0 Å². The number of carbonyl (C=O) groups is 3. The molecule has 7 heteroatoms. The third-order valence-corrected chi connectivity index (χ3v) is 4.04. The molecule has 1 amide bonds. The summed E-state index contributed by atoms with van der Waals surface area (Å²) in [6.07, 6.45) is 0.128. The van der Waals surface area contributed by atoms with Crippen LogP contribution in [0.5, 0.6) is 0 Å². The molecule has 2 rings (SSSR count). The smallest absolute Gasteiger partial charge is 0.411 e. The van der Waals surface area contributed by atoms with Crippen molar-refractivity contribution in [2.45, 2.75) is 51.9 Å². The van der Waals surface area contributed by atoms with Crippen LogP contribution in [0.1, 0.15) is 39.2 Å². The van der Waals surface area contributed by atoms with E-state index < -0.39 is 35.6 Å². The lowest BCUT2D eigenvalue weighted by Gasteiger charge is -2.38. The lowest BCUT2D eigenvalue weighted by Crippen LogP contribution is -2.55. The molecule has 2 atom stereocenters. The number of esters is 1. The highest BCUT2D eigenvalue weighted by atomic mass is 16.6. The maximum atomic E-state index is 12.5. The highest BCUT2D eigenvalue weighted by Gasteiger charge is 2.45. The predicted molar refractivity (Wildman–Crippen MR) is 93.3 cm³/mol. The molecular weight excluding hydrogens is 338 g/mol. The first-order chi connectivity index (χ1) is 12.2. The topological polar surface area (TPSA) is 93.1 Å². The largest absolute Gasteiger partial charge is 0.480 e. The van der Waals surface area contributed by atoms with E-state index in [1.54, 1.807) is 20.8 Å². The van der Waals surface area contributed by atoms with Crippen LogP contribution in [-0.4, -0.2) is 46.2 Å². The van der Waals surface area contributed by atoms with Gasteiger partial charge in [-0.25, -0.2) is 9.59 Å². The minimum absolute atomic E-state index is 0.0644. The van der Waals surface area contributed by atoms with E-state index in [2.05, 4.69) is 0 Å². The number of hydrogen-bond donors (Lipinski definition) is 1. The van der Waals surface area contributed by atoms with Gasteiger partial charge in [-0.3, -0.25) is 9.69 Å².